The van der Waals surface area contributed by atoms with Crippen LogP contribution >= 0.6 is 0 Å². The number of amides is 2. The highest BCUT2D eigenvalue weighted by atomic mass is 16.5. The second kappa shape index (κ2) is 11.5. The van der Waals surface area contributed by atoms with E-state index in [-0.39, 0.29) is 30.0 Å². The second-order valence-electron chi connectivity index (χ2n) is 8.64. The van der Waals surface area contributed by atoms with Gasteiger partial charge < -0.3 is 23.9 Å². The highest BCUT2D eigenvalue weighted by Crippen LogP contribution is 2.27. The number of nitrogens with zero attached hydrogens (tertiary/aromatic N) is 2. The van der Waals surface area contributed by atoms with Crippen LogP contribution in [0.3, 0.4) is 0 Å². The van der Waals surface area contributed by atoms with Crippen molar-refractivity contribution >= 4 is 11.8 Å². The van der Waals surface area contributed by atoms with Crippen LogP contribution in [0.2, 0.25) is 0 Å². The van der Waals surface area contributed by atoms with Crippen LogP contribution in [0, 0.1) is 5.92 Å². The lowest BCUT2D eigenvalue weighted by atomic mass is 9.88. The van der Waals surface area contributed by atoms with Crippen molar-refractivity contribution in [3.63, 3.8) is 0 Å². The molecule has 8 nitrogen and oxygen atoms in total. The third-order valence-corrected chi connectivity index (χ3v) is 6.19. The molecule has 0 spiro atoms. The number of rotatable bonds is 10. The van der Waals surface area contributed by atoms with Gasteiger partial charge in [-0.2, -0.15) is 0 Å². The summed E-state index contributed by atoms with van der Waals surface area (Å²) in [4.78, 5) is 27.5. The molecule has 0 atom stereocenters. The fourth-order valence-electron chi connectivity index (χ4n) is 4.30. The largest absolute Gasteiger partial charge is 0.497 e. The van der Waals surface area contributed by atoms with Crippen molar-refractivity contribution in [2.75, 3.05) is 13.7 Å². The Morgan fingerprint density at radius 2 is 1.85 bits per heavy atom. The molecule has 4 rings (SSSR count). The third-order valence-electron chi connectivity index (χ3n) is 6.19. The first-order valence-electron chi connectivity index (χ1n) is 11.8. The van der Waals surface area contributed by atoms with Gasteiger partial charge in [0.2, 0.25) is 5.91 Å². The number of aromatic nitrogens is 1. The van der Waals surface area contributed by atoms with Crippen molar-refractivity contribution in [2.45, 2.75) is 51.6 Å². The standard InChI is InChI=1S/C26H31N3O5/c1-32-21-11-9-19(10-12-21)13-14-27-25(30)24-16-23(34-28-24)18-29(17-22-8-5-15-33-22)26(31)20-6-3-2-4-7-20/h5,8-12,15-16,20H,2-4,6-7,13-14,17-18H2,1H3,(H,27,30). The Morgan fingerprint density at radius 3 is 2.56 bits per heavy atom. The van der Waals surface area contributed by atoms with Crippen molar-refractivity contribution in [3.05, 3.63) is 71.5 Å². The number of ether oxygens (including phenoxy) is 1. The topological polar surface area (TPSA) is 97.8 Å². The van der Waals surface area contributed by atoms with Gasteiger partial charge in [0, 0.05) is 18.5 Å². The number of hydrogen-bond acceptors (Lipinski definition) is 6. The Labute approximate surface area is 199 Å². The molecular formula is C26H31N3O5. The molecule has 1 N–H and O–H groups in total. The van der Waals surface area contributed by atoms with Crippen LogP contribution in [0.1, 0.15) is 59.7 Å². The number of benzene rings is 1. The summed E-state index contributed by atoms with van der Waals surface area (Å²) in [7, 11) is 1.63. The lowest BCUT2D eigenvalue weighted by Gasteiger charge is -2.28. The van der Waals surface area contributed by atoms with Crippen molar-refractivity contribution in [1.82, 2.24) is 15.4 Å². The molecule has 0 saturated heterocycles. The molecule has 2 amide bonds. The predicted molar refractivity (Wildman–Crippen MR) is 125 cm³/mol. The van der Waals surface area contributed by atoms with Crippen LogP contribution in [0.4, 0.5) is 0 Å². The molecule has 1 aliphatic carbocycles. The average Bonchev–Trinajstić information content (AvgIpc) is 3.56. The summed E-state index contributed by atoms with van der Waals surface area (Å²) in [6, 6.07) is 13.0. The Morgan fingerprint density at radius 1 is 1.09 bits per heavy atom. The molecular weight excluding hydrogens is 434 g/mol. The van der Waals surface area contributed by atoms with Gasteiger partial charge in [0.25, 0.3) is 5.91 Å². The zero-order chi connectivity index (χ0) is 23.8. The molecule has 34 heavy (non-hydrogen) atoms. The van der Waals surface area contributed by atoms with Crippen LogP contribution in [0.25, 0.3) is 0 Å². The number of furan rings is 1. The van der Waals surface area contributed by atoms with Crippen LogP contribution in [-0.4, -0.2) is 35.5 Å². The van der Waals surface area contributed by atoms with Crippen LogP contribution in [0.15, 0.2) is 57.7 Å². The summed E-state index contributed by atoms with van der Waals surface area (Å²) < 4.78 is 16.0. The molecule has 2 heterocycles. The van der Waals surface area contributed by atoms with Crippen LogP contribution in [-0.2, 0) is 24.3 Å². The summed E-state index contributed by atoms with van der Waals surface area (Å²) in [5.74, 6) is 1.78. The molecule has 1 saturated carbocycles. The molecule has 2 aromatic heterocycles. The molecule has 0 unspecified atom stereocenters. The van der Waals surface area contributed by atoms with Gasteiger partial charge in [0.05, 0.1) is 26.5 Å². The summed E-state index contributed by atoms with van der Waals surface area (Å²) in [6.07, 6.45) is 7.44. The maximum atomic E-state index is 13.2. The smallest absolute Gasteiger partial charge is 0.273 e. The molecule has 180 valence electrons. The van der Waals surface area contributed by atoms with Gasteiger partial charge in [0.15, 0.2) is 11.5 Å². The Balaban J connectivity index is 1.34. The highest BCUT2D eigenvalue weighted by molar-refractivity contribution is 5.92. The first-order chi connectivity index (χ1) is 16.6. The number of nitrogens with one attached hydrogen (secondary N) is 1. The van der Waals surface area contributed by atoms with Crippen LogP contribution in [0.5, 0.6) is 5.75 Å². The van der Waals surface area contributed by atoms with Crippen LogP contribution < -0.4 is 10.1 Å². The lowest BCUT2D eigenvalue weighted by Crippen LogP contribution is -2.36. The van der Waals surface area contributed by atoms with E-state index >= 15 is 0 Å². The van der Waals surface area contributed by atoms with E-state index in [9.17, 15) is 9.59 Å². The van der Waals surface area contributed by atoms with Crippen molar-refractivity contribution in [2.24, 2.45) is 5.92 Å². The van der Waals surface area contributed by atoms with Gasteiger partial charge in [-0.05, 0) is 49.1 Å². The maximum Gasteiger partial charge on any atom is 0.273 e. The Kier molecular flexibility index (Phi) is 8.01. The van der Waals surface area contributed by atoms with Crippen molar-refractivity contribution in [3.8, 4) is 5.75 Å². The number of carbonyl (C=O) groups excluding carboxylic acids is 2. The van der Waals surface area contributed by atoms with Crippen molar-refractivity contribution in [1.29, 1.82) is 0 Å². The molecule has 0 bridgehead atoms. The zero-order valence-corrected chi connectivity index (χ0v) is 19.5. The number of hydrogen-bond donors (Lipinski definition) is 1. The maximum absolute atomic E-state index is 13.2. The highest BCUT2D eigenvalue weighted by Gasteiger charge is 2.28. The van der Waals surface area contributed by atoms with E-state index in [0.29, 0.717) is 31.0 Å². The van der Waals surface area contributed by atoms with Gasteiger partial charge in [-0.25, -0.2) is 0 Å². The first kappa shape index (κ1) is 23.6. The van der Waals surface area contributed by atoms with Gasteiger partial charge in [0.1, 0.15) is 11.5 Å². The van der Waals surface area contributed by atoms with E-state index in [1.165, 1.54) is 6.42 Å². The minimum absolute atomic E-state index is 0.0207. The minimum atomic E-state index is -0.306. The van der Waals surface area contributed by atoms with E-state index in [1.807, 2.05) is 30.3 Å². The van der Waals surface area contributed by atoms with E-state index in [1.54, 1.807) is 30.4 Å². The summed E-state index contributed by atoms with van der Waals surface area (Å²) >= 11 is 0. The molecule has 8 heteroatoms. The summed E-state index contributed by atoms with van der Waals surface area (Å²) in [6.45, 7) is 1.06. The fraction of sp³-hybridized carbons (Fsp3) is 0.423. The minimum Gasteiger partial charge on any atom is -0.497 e. The van der Waals surface area contributed by atoms with Gasteiger partial charge in [-0.1, -0.05) is 36.6 Å². The second-order valence-corrected chi connectivity index (χ2v) is 8.64. The monoisotopic (exact) mass is 465 g/mol. The SMILES string of the molecule is COc1ccc(CCNC(=O)c2cc(CN(Cc3ccco3)C(=O)C3CCCCC3)on2)cc1. The number of carbonyl (C=O) groups is 2. The van der Waals surface area contributed by atoms with E-state index in [2.05, 4.69) is 10.5 Å². The van der Waals surface area contributed by atoms with E-state index < -0.39 is 0 Å². The Bertz CT molecular complexity index is 1050. The van der Waals surface area contributed by atoms with E-state index in [0.717, 1.165) is 37.0 Å². The Hall–Kier alpha value is -3.55. The van der Waals surface area contributed by atoms with Crippen molar-refractivity contribution < 1.29 is 23.3 Å². The molecule has 1 fully saturated rings. The summed E-state index contributed by atoms with van der Waals surface area (Å²) in [5, 5.41) is 6.79. The first-order valence-corrected chi connectivity index (χ1v) is 11.8. The average molecular weight is 466 g/mol. The molecule has 0 aliphatic heterocycles. The van der Waals surface area contributed by atoms with Gasteiger partial charge in [-0.3, -0.25) is 9.59 Å². The quantitative estimate of drug-likeness (QED) is 0.478. The third kappa shape index (κ3) is 6.27. The fourth-order valence-corrected chi connectivity index (χ4v) is 4.30. The molecule has 0 radical (unpaired) electrons. The lowest BCUT2D eigenvalue weighted by molar-refractivity contribution is -0.138. The predicted octanol–water partition coefficient (Wildman–Crippen LogP) is 4.36. The molecule has 1 aromatic carbocycles. The zero-order valence-electron chi connectivity index (χ0n) is 19.5. The molecule has 3 aromatic rings. The van der Waals surface area contributed by atoms with E-state index in [4.69, 9.17) is 13.7 Å². The molecule has 1 aliphatic rings. The van der Waals surface area contributed by atoms with Gasteiger partial charge in [-0.15, -0.1) is 0 Å². The summed E-state index contributed by atoms with van der Waals surface area (Å²) in [5.41, 5.74) is 1.30. The normalized spacial score (nSPS) is 14.0. The number of methoxy groups -OCH3 is 1. The van der Waals surface area contributed by atoms with Gasteiger partial charge >= 0.3 is 0 Å².